The Morgan fingerprint density at radius 2 is 1.96 bits per heavy atom. The van der Waals surface area contributed by atoms with Gasteiger partial charge in [0, 0.05) is 11.8 Å². The van der Waals surface area contributed by atoms with Crippen LogP contribution in [0.3, 0.4) is 0 Å². The molecule has 27 heavy (non-hydrogen) atoms. The van der Waals surface area contributed by atoms with E-state index in [9.17, 15) is 8.78 Å². The molecule has 0 amide bonds. The van der Waals surface area contributed by atoms with Crippen LogP contribution in [0.25, 0.3) is 22.4 Å². The molecule has 1 aromatic carbocycles. The standard InChI is InChI=1S/C16H11F2IN7P/c17-9-3-4-10(20)11(18)13(9)25-15-8(2-1-5-21-15)12-14-16(23-6-22-12)26(27-19)7-24-14/h1-7,27H,20H2,(H,21,25). The van der Waals surface area contributed by atoms with Crippen LogP contribution >= 0.6 is 28.4 Å². The Kier molecular flexibility index (Phi) is 4.83. The third-order valence-electron chi connectivity index (χ3n) is 3.85. The van der Waals surface area contributed by atoms with Crippen molar-refractivity contribution < 1.29 is 8.78 Å². The number of hydrogen-bond donors (Lipinski definition) is 2. The predicted octanol–water partition coefficient (Wildman–Crippen LogP) is 4.28. The molecule has 3 heterocycles. The van der Waals surface area contributed by atoms with Crippen molar-refractivity contribution in [2.45, 2.75) is 0 Å². The lowest BCUT2D eigenvalue weighted by atomic mass is 10.1. The van der Waals surface area contributed by atoms with Gasteiger partial charge in [0.15, 0.2) is 11.5 Å². The third kappa shape index (κ3) is 3.19. The molecule has 7 nitrogen and oxygen atoms in total. The van der Waals surface area contributed by atoms with E-state index in [-0.39, 0.29) is 17.2 Å². The molecule has 136 valence electrons. The van der Waals surface area contributed by atoms with Crippen LogP contribution in [0.5, 0.6) is 0 Å². The van der Waals surface area contributed by atoms with E-state index in [1.807, 2.05) is 4.34 Å². The van der Waals surface area contributed by atoms with E-state index < -0.39 is 11.6 Å². The van der Waals surface area contributed by atoms with E-state index in [4.69, 9.17) is 5.73 Å². The summed E-state index contributed by atoms with van der Waals surface area (Å²) in [6, 6.07) is 5.71. The van der Waals surface area contributed by atoms with Crippen molar-refractivity contribution in [3.8, 4) is 11.3 Å². The van der Waals surface area contributed by atoms with Crippen LogP contribution in [0.15, 0.2) is 43.1 Å². The van der Waals surface area contributed by atoms with Crippen LogP contribution in [0.4, 0.5) is 26.0 Å². The smallest absolute Gasteiger partial charge is 0.172 e. The molecule has 0 saturated heterocycles. The molecule has 0 fully saturated rings. The van der Waals surface area contributed by atoms with Gasteiger partial charge in [0.2, 0.25) is 0 Å². The number of nitrogens with one attached hydrogen (secondary N) is 1. The van der Waals surface area contributed by atoms with Gasteiger partial charge in [-0.2, -0.15) is 0 Å². The Morgan fingerprint density at radius 3 is 2.78 bits per heavy atom. The maximum atomic E-state index is 14.3. The molecular weight excluding hydrogens is 486 g/mol. The number of hydrogen-bond acceptors (Lipinski definition) is 6. The van der Waals surface area contributed by atoms with Crippen molar-refractivity contribution in [2.24, 2.45) is 0 Å². The molecule has 0 spiro atoms. The van der Waals surface area contributed by atoms with E-state index >= 15 is 0 Å². The number of fused-ring (bicyclic) bond motifs is 1. The molecule has 4 aromatic rings. The monoisotopic (exact) mass is 497 g/mol. The molecule has 0 saturated carbocycles. The lowest BCUT2D eigenvalue weighted by Crippen LogP contribution is -2.04. The molecule has 11 heteroatoms. The molecule has 0 radical (unpaired) electrons. The number of anilines is 3. The molecule has 0 bridgehead atoms. The summed E-state index contributed by atoms with van der Waals surface area (Å²) in [6.45, 7) is 0. The maximum Gasteiger partial charge on any atom is 0.172 e. The average Bonchev–Trinajstić information content (AvgIpc) is 3.12. The van der Waals surface area contributed by atoms with Gasteiger partial charge >= 0.3 is 0 Å². The fourth-order valence-corrected chi connectivity index (χ4v) is 4.00. The first-order valence-corrected chi connectivity index (χ1v) is 11.7. The quantitative estimate of drug-likeness (QED) is 0.248. The summed E-state index contributed by atoms with van der Waals surface area (Å²) in [7, 11) is 0. The fourth-order valence-electron chi connectivity index (χ4n) is 2.59. The number of halogens is 3. The first kappa shape index (κ1) is 17.9. The van der Waals surface area contributed by atoms with Crippen LogP contribution in [-0.2, 0) is 0 Å². The molecule has 0 aliphatic rings. The summed E-state index contributed by atoms with van der Waals surface area (Å²) in [4.78, 5) is 17.2. The van der Waals surface area contributed by atoms with Gasteiger partial charge in [-0.3, -0.25) is 4.34 Å². The van der Waals surface area contributed by atoms with Crippen molar-refractivity contribution in [1.82, 2.24) is 24.3 Å². The second-order valence-corrected chi connectivity index (χ2v) is 7.54. The van der Waals surface area contributed by atoms with Gasteiger partial charge in [-0.05, 0) is 46.3 Å². The normalized spacial score (nSPS) is 11.5. The van der Waals surface area contributed by atoms with Crippen LogP contribution < -0.4 is 11.1 Å². The highest BCUT2D eigenvalue weighted by Gasteiger charge is 2.18. The molecule has 1 atom stereocenters. The molecule has 4 rings (SSSR count). The fraction of sp³-hybridized carbons (Fsp3) is 0. The summed E-state index contributed by atoms with van der Waals surface area (Å²) in [5.41, 5.74) is 7.30. The van der Waals surface area contributed by atoms with Gasteiger partial charge < -0.3 is 11.1 Å². The van der Waals surface area contributed by atoms with Gasteiger partial charge in [0.05, 0.1) is 12.1 Å². The van der Waals surface area contributed by atoms with Gasteiger partial charge in [0.1, 0.15) is 41.2 Å². The Balaban J connectivity index is 1.86. The number of imidazole rings is 1. The van der Waals surface area contributed by atoms with Crippen molar-refractivity contribution in [1.29, 1.82) is 0 Å². The van der Waals surface area contributed by atoms with E-state index in [2.05, 4.69) is 47.3 Å². The SMILES string of the molecule is Nc1ccc(F)c(Nc2ncccc2-c2ncnc3c2ncn3PI)c1F. The lowest BCUT2D eigenvalue weighted by molar-refractivity contribution is 0.593. The molecule has 1 unspecified atom stereocenters. The molecule has 0 aliphatic carbocycles. The molecule has 3 aromatic heterocycles. The van der Waals surface area contributed by atoms with Crippen LogP contribution in [-0.4, -0.2) is 24.3 Å². The molecule has 0 aliphatic heterocycles. The first-order valence-electron chi connectivity index (χ1n) is 7.60. The number of nitrogens with zero attached hydrogens (tertiary/aromatic N) is 5. The highest BCUT2D eigenvalue weighted by Crippen LogP contribution is 2.35. The minimum Gasteiger partial charge on any atom is -0.396 e. The van der Waals surface area contributed by atoms with Crippen LogP contribution in [0.1, 0.15) is 0 Å². The number of rotatable bonds is 4. The van der Waals surface area contributed by atoms with Crippen LogP contribution in [0.2, 0.25) is 0 Å². The second kappa shape index (κ2) is 7.28. The summed E-state index contributed by atoms with van der Waals surface area (Å²) >= 11 is 2.23. The Morgan fingerprint density at radius 1 is 1.11 bits per heavy atom. The van der Waals surface area contributed by atoms with E-state index in [1.165, 1.54) is 18.6 Å². The van der Waals surface area contributed by atoms with E-state index in [1.54, 1.807) is 18.5 Å². The van der Waals surface area contributed by atoms with Crippen molar-refractivity contribution >= 4 is 56.8 Å². The van der Waals surface area contributed by atoms with E-state index in [0.717, 1.165) is 6.07 Å². The van der Waals surface area contributed by atoms with E-state index in [0.29, 0.717) is 28.8 Å². The second-order valence-electron chi connectivity index (χ2n) is 5.44. The topological polar surface area (TPSA) is 94.5 Å². The third-order valence-corrected chi connectivity index (χ3v) is 5.92. The maximum absolute atomic E-state index is 14.3. The Bertz CT molecular complexity index is 1150. The van der Waals surface area contributed by atoms with Gasteiger partial charge in [0.25, 0.3) is 0 Å². The van der Waals surface area contributed by atoms with Crippen molar-refractivity contribution in [3.05, 3.63) is 54.8 Å². The lowest BCUT2D eigenvalue weighted by Gasteiger charge is -2.13. The zero-order valence-corrected chi connectivity index (χ0v) is 16.6. The highest BCUT2D eigenvalue weighted by molar-refractivity contribution is 14.2. The summed E-state index contributed by atoms with van der Waals surface area (Å²) in [5.74, 6) is -1.43. The number of pyridine rings is 1. The number of benzene rings is 1. The number of nitrogens with two attached hydrogens (primary N) is 1. The predicted molar refractivity (Wildman–Crippen MR) is 110 cm³/mol. The largest absolute Gasteiger partial charge is 0.396 e. The summed E-state index contributed by atoms with van der Waals surface area (Å²) in [5, 5.41) is 2.70. The van der Waals surface area contributed by atoms with Gasteiger partial charge in [-0.15, -0.1) is 0 Å². The molecule has 3 N–H and O–H groups in total. The summed E-state index contributed by atoms with van der Waals surface area (Å²) in [6.07, 6.45) is 5.03. The zero-order chi connectivity index (χ0) is 19.0. The number of nitrogen functional groups attached to an aromatic ring is 1. The first-order chi connectivity index (χ1) is 13.1. The van der Waals surface area contributed by atoms with Gasteiger partial charge in [-0.1, -0.05) is 0 Å². The van der Waals surface area contributed by atoms with Crippen LogP contribution in [0, 0.1) is 11.6 Å². The van der Waals surface area contributed by atoms with Gasteiger partial charge in [-0.25, -0.2) is 28.7 Å². The minimum absolute atomic E-state index is 0.164. The number of aromatic nitrogens is 5. The Hall–Kier alpha value is -2.46. The van der Waals surface area contributed by atoms with Crippen molar-refractivity contribution in [2.75, 3.05) is 11.1 Å². The summed E-state index contributed by atoms with van der Waals surface area (Å²) < 4.78 is 30.3. The van der Waals surface area contributed by atoms with Crippen molar-refractivity contribution in [3.63, 3.8) is 0 Å². The zero-order valence-electron chi connectivity index (χ0n) is 13.5. The molecular formula is C16H11F2IN7P. The average molecular weight is 497 g/mol. The minimum atomic E-state index is -0.880. The Labute approximate surface area is 166 Å². The highest BCUT2D eigenvalue weighted by atomic mass is 127.